The Labute approximate surface area is 161 Å². The molecule has 3 unspecified atom stereocenters. The minimum atomic E-state index is -3.71. The van der Waals surface area contributed by atoms with Crippen LogP contribution in [0.3, 0.4) is 0 Å². The largest absolute Gasteiger partial charge is 0.297 e. The van der Waals surface area contributed by atoms with Crippen LogP contribution in [0.2, 0.25) is 0 Å². The molecule has 4 heteroatoms. The van der Waals surface area contributed by atoms with Crippen LogP contribution in [0.15, 0.2) is 59.5 Å². The molecule has 6 rings (SSSR count). The smallest absolute Gasteiger partial charge is 0.262 e. The minimum absolute atomic E-state index is 0.162. The quantitative estimate of drug-likeness (QED) is 0.710. The molecule has 0 saturated heterocycles. The SMILES string of the molecule is Cc1ccc(S(=O)(=O)OC2[C@@H]3CC4C[C@H]2CC(c2ccccc2)(C4)C3)cc1. The second-order valence-electron chi connectivity index (χ2n) is 8.94. The van der Waals surface area contributed by atoms with Crippen molar-refractivity contribution >= 4 is 10.1 Å². The van der Waals surface area contributed by atoms with Crippen molar-refractivity contribution in [3.8, 4) is 0 Å². The lowest BCUT2D eigenvalue weighted by atomic mass is 9.47. The first-order chi connectivity index (χ1) is 13.0. The summed E-state index contributed by atoms with van der Waals surface area (Å²) < 4.78 is 31.6. The third kappa shape index (κ3) is 2.94. The van der Waals surface area contributed by atoms with Gasteiger partial charge in [0.25, 0.3) is 10.1 Å². The Morgan fingerprint density at radius 1 is 0.889 bits per heavy atom. The Balaban J connectivity index is 1.42. The van der Waals surface area contributed by atoms with Gasteiger partial charge in [-0.3, -0.25) is 4.18 Å². The van der Waals surface area contributed by atoms with Gasteiger partial charge in [-0.2, -0.15) is 8.42 Å². The zero-order valence-electron chi connectivity index (χ0n) is 15.7. The molecule has 0 radical (unpaired) electrons. The van der Waals surface area contributed by atoms with Crippen molar-refractivity contribution in [1.29, 1.82) is 0 Å². The van der Waals surface area contributed by atoms with Crippen LogP contribution in [-0.4, -0.2) is 14.5 Å². The van der Waals surface area contributed by atoms with Crippen molar-refractivity contribution in [3.05, 3.63) is 65.7 Å². The highest BCUT2D eigenvalue weighted by Crippen LogP contribution is 2.61. The van der Waals surface area contributed by atoms with E-state index >= 15 is 0 Å². The molecule has 4 saturated carbocycles. The van der Waals surface area contributed by atoms with Crippen LogP contribution in [0.5, 0.6) is 0 Å². The van der Waals surface area contributed by atoms with Crippen LogP contribution in [0.1, 0.15) is 43.2 Å². The van der Waals surface area contributed by atoms with E-state index in [0.717, 1.165) is 31.2 Å². The summed E-state index contributed by atoms with van der Waals surface area (Å²) in [4.78, 5) is 0.277. The number of benzene rings is 2. The molecule has 0 aromatic heterocycles. The summed E-state index contributed by atoms with van der Waals surface area (Å²) in [6, 6.07) is 17.8. The van der Waals surface area contributed by atoms with Crippen molar-refractivity contribution < 1.29 is 12.6 Å². The highest BCUT2D eigenvalue weighted by Gasteiger charge is 2.57. The molecule has 2 aromatic carbocycles. The first-order valence-corrected chi connectivity index (χ1v) is 11.4. The van der Waals surface area contributed by atoms with Gasteiger partial charge in [0.05, 0.1) is 11.0 Å². The molecular weight excluding hydrogens is 356 g/mol. The van der Waals surface area contributed by atoms with E-state index in [2.05, 4.69) is 30.3 Å². The predicted octanol–water partition coefficient (Wildman–Crippen LogP) is 4.85. The number of rotatable bonds is 4. The Bertz CT molecular complexity index is 917. The standard InChI is InChI=1S/C23H26O3S/c1-16-7-9-21(10-8-16)27(24,25)26-22-18-11-17-12-19(22)15-23(13-17,14-18)20-5-3-2-4-6-20/h2-10,17-19,22H,11-15H2,1H3/t17?,18-,19+,22?,23?. The third-order valence-electron chi connectivity index (χ3n) is 7.12. The summed E-state index contributed by atoms with van der Waals surface area (Å²) in [5.41, 5.74) is 2.71. The van der Waals surface area contributed by atoms with Crippen molar-refractivity contribution in [2.45, 2.75) is 55.4 Å². The molecule has 4 fully saturated rings. The fourth-order valence-electron chi connectivity index (χ4n) is 6.19. The van der Waals surface area contributed by atoms with E-state index in [1.807, 2.05) is 19.1 Å². The highest BCUT2D eigenvalue weighted by atomic mass is 32.2. The van der Waals surface area contributed by atoms with Gasteiger partial charge in [-0.1, -0.05) is 48.0 Å². The normalized spacial score (nSPS) is 34.7. The maximum absolute atomic E-state index is 12.9. The molecule has 0 amide bonds. The van der Waals surface area contributed by atoms with E-state index in [1.54, 1.807) is 12.1 Å². The van der Waals surface area contributed by atoms with Crippen molar-refractivity contribution in [2.24, 2.45) is 17.8 Å². The fraction of sp³-hybridized carbons (Fsp3) is 0.478. The average Bonchev–Trinajstić information content (AvgIpc) is 2.65. The molecule has 0 aliphatic heterocycles. The second-order valence-corrected chi connectivity index (χ2v) is 10.5. The Morgan fingerprint density at radius 2 is 1.52 bits per heavy atom. The Hall–Kier alpha value is -1.65. The summed E-state index contributed by atoms with van der Waals surface area (Å²) in [6.45, 7) is 1.96. The van der Waals surface area contributed by atoms with Gasteiger partial charge < -0.3 is 0 Å². The fourth-order valence-corrected chi connectivity index (χ4v) is 7.37. The molecule has 4 bridgehead atoms. The zero-order valence-corrected chi connectivity index (χ0v) is 16.5. The van der Waals surface area contributed by atoms with Crippen molar-refractivity contribution in [3.63, 3.8) is 0 Å². The van der Waals surface area contributed by atoms with E-state index in [9.17, 15) is 8.42 Å². The van der Waals surface area contributed by atoms with Crippen LogP contribution >= 0.6 is 0 Å². The molecule has 4 aliphatic rings. The van der Waals surface area contributed by atoms with Crippen LogP contribution in [-0.2, 0) is 19.7 Å². The zero-order chi connectivity index (χ0) is 18.6. The van der Waals surface area contributed by atoms with E-state index in [0.29, 0.717) is 17.8 Å². The van der Waals surface area contributed by atoms with Gasteiger partial charge in [-0.05, 0) is 79.9 Å². The van der Waals surface area contributed by atoms with Crippen LogP contribution < -0.4 is 0 Å². The van der Waals surface area contributed by atoms with E-state index in [1.165, 1.54) is 12.0 Å². The van der Waals surface area contributed by atoms with Crippen molar-refractivity contribution in [2.75, 3.05) is 0 Å². The van der Waals surface area contributed by atoms with Gasteiger partial charge in [0.2, 0.25) is 0 Å². The lowest BCUT2D eigenvalue weighted by Crippen LogP contribution is -2.56. The van der Waals surface area contributed by atoms with Gasteiger partial charge in [0.1, 0.15) is 0 Å². The summed E-state index contributed by atoms with van der Waals surface area (Å²) >= 11 is 0. The van der Waals surface area contributed by atoms with Gasteiger partial charge in [-0.15, -0.1) is 0 Å². The van der Waals surface area contributed by atoms with E-state index < -0.39 is 10.1 Å². The summed E-state index contributed by atoms with van der Waals surface area (Å²) in [6.07, 6.45) is 5.42. The van der Waals surface area contributed by atoms with Crippen LogP contribution in [0.4, 0.5) is 0 Å². The second kappa shape index (κ2) is 6.18. The summed E-state index contributed by atoms with van der Waals surface area (Å²) in [5.74, 6) is 1.40. The lowest BCUT2D eigenvalue weighted by molar-refractivity contribution is -0.0913. The van der Waals surface area contributed by atoms with E-state index in [4.69, 9.17) is 4.18 Å². The summed E-state index contributed by atoms with van der Waals surface area (Å²) in [5, 5.41) is 0. The lowest BCUT2D eigenvalue weighted by Gasteiger charge is -2.59. The molecular formula is C23H26O3S. The minimum Gasteiger partial charge on any atom is -0.262 e. The molecule has 0 heterocycles. The predicted molar refractivity (Wildman–Crippen MR) is 105 cm³/mol. The molecule has 142 valence electrons. The van der Waals surface area contributed by atoms with Gasteiger partial charge in [0, 0.05) is 0 Å². The first kappa shape index (κ1) is 17.4. The van der Waals surface area contributed by atoms with E-state index in [-0.39, 0.29) is 16.4 Å². The Kier molecular flexibility index (Phi) is 3.99. The summed E-state index contributed by atoms with van der Waals surface area (Å²) in [7, 11) is -3.71. The van der Waals surface area contributed by atoms with Crippen molar-refractivity contribution in [1.82, 2.24) is 0 Å². The molecule has 4 aliphatic carbocycles. The van der Waals surface area contributed by atoms with Crippen LogP contribution in [0.25, 0.3) is 0 Å². The van der Waals surface area contributed by atoms with Gasteiger partial charge >= 0.3 is 0 Å². The number of hydrogen-bond donors (Lipinski definition) is 0. The van der Waals surface area contributed by atoms with Crippen LogP contribution in [0, 0.1) is 24.7 Å². The molecule has 0 spiro atoms. The first-order valence-electron chi connectivity index (χ1n) is 10.0. The maximum atomic E-state index is 12.9. The molecule has 0 N–H and O–H groups in total. The highest BCUT2D eigenvalue weighted by molar-refractivity contribution is 7.86. The molecule has 3 nitrogen and oxygen atoms in total. The molecule has 2 aromatic rings. The number of aryl methyl sites for hydroxylation is 1. The monoisotopic (exact) mass is 382 g/mol. The maximum Gasteiger partial charge on any atom is 0.297 e. The van der Waals surface area contributed by atoms with Gasteiger partial charge in [0.15, 0.2) is 0 Å². The molecule has 5 atom stereocenters. The average molecular weight is 383 g/mol. The number of hydrogen-bond acceptors (Lipinski definition) is 3. The third-order valence-corrected chi connectivity index (χ3v) is 8.45. The Morgan fingerprint density at radius 3 is 2.15 bits per heavy atom. The molecule has 27 heavy (non-hydrogen) atoms. The topological polar surface area (TPSA) is 43.4 Å². The van der Waals surface area contributed by atoms with Gasteiger partial charge in [-0.25, -0.2) is 0 Å².